The summed E-state index contributed by atoms with van der Waals surface area (Å²) in [6.45, 7) is 0.511. The Morgan fingerprint density at radius 1 is 1.48 bits per heavy atom. The van der Waals surface area contributed by atoms with Crippen LogP contribution in [0.5, 0.6) is 0 Å². The lowest BCUT2D eigenvalue weighted by Crippen LogP contribution is -2.55. The number of ether oxygens (including phenoxy) is 1. The van der Waals surface area contributed by atoms with Gasteiger partial charge in [0.1, 0.15) is 11.8 Å². The van der Waals surface area contributed by atoms with Crippen LogP contribution in [0, 0.1) is 5.92 Å². The minimum absolute atomic E-state index is 0.266. The first-order valence-corrected chi connectivity index (χ1v) is 8.60. The Labute approximate surface area is 149 Å². The number of methoxy groups -OCH3 is 1. The van der Waals surface area contributed by atoms with Crippen molar-refractivity contribution in [2.24, 2.45) is 21.6 Å². The molecule has 0 bridgehead atoms. The zero-order valence-electron chi connectivity index (χ0n) is 15.3. The first-order valence-electron chi connectivity index (χ1n) is 8.60. The number of nitrogens with one attached hydrogen (secondary N) is 1. The van der Waals surface area contributed by atoms with E-state index < -0.39 is 5.54 Å². The summed E-state index contributed by atoms with van der Waals surface area (Å²) in [5, 5.41) is 3.18. The van der Waals surface area contributed by atoms with Gasteiger partial charge in [0, 0.05) is 27.4 Å². The molecule has 1 fully saturated rings. The lowest BCUT2D eigenvalue weighted by molar-refractivity contribution is -0.112. The average Bonchev–Trinajstić information content (AvgIpc) is 3.48. The van der Waals surface area contributed by atoms with E-state index in [2.05, 4.69) is 27.5 Å². The summed E-state index contributed by atoms with van der Waals surface area (Å²) in [7, 11) is 5.03. The van der Waals surface area contributed by atoms with Gasteiger partial charge in [0.2, 0.25) is 0 Å². The number of allylic oxidation sites excluding steroid dienone is 4. The highest BCUT2D eigenvalue weighted by Crippen LogP contribution is 2.45. The number of nitrogens with two attached hydrogens (primary N) is 1. The van der Waals surface area contributed by atoms with Gasteiger partial charge in [0.25, 0.3) is 0 Å². The van der Waals surface area contributed by atoms with E-state index in [0.717, 1.165) is 48.7 Å². The monoisotopic (exact) mass is 344 g/mol. The van der Waals surface area contributed by atoms with E-state index in [1.165, 1.54) is 0 Å². The third-order valence-electron chi connectivity index (χ3n) is 4.69. The van der Waals surface area contributed by atoms with Gasteiger partial charge in [0.15, 0.2) is 5.96 Å². The van der Waals surface area contributed by atoms with Crippen LogP contribution in [0.3, 0.4) is 0 Å². The van der Waals surface area contributed by atoms with E-state index in [4.69, 9.17) is 10.5 Å². The number of aldehydes is 1. The van der Waals surface area contributed by atoms with Crippen molar-refractivity contribution in [2.45, 2.75) is 31.2 Å². The fourth-order valence-electron chi connectivity index (χ4n) is 3.24. The van der Waals surface area contributed by atoms with E-state index in [9.17, 15) is 4.79 Å². The second-order valence-electron chi connectivity index (χ2n) is 6.36. The van der Waals surface area contributed by atoms with Crippen molar-refractivity contribution in [3.63, 3.8) is 0 Å². The van der Waals surface area contributed by atoms with Gasteiger partial charge < -0.3 is 20.6 Å². The molecule has 2 aliphatic carbocycles. The molecule has 0 aromatic rings. The van der Waals surface area contributed by atoms with Gasteiger partial charge in [-0.15, -0.1) is 0 Å². The maximum absolute atomic E-state index is 12.1. The van der Waals surface area contributed by atoms with Crippen molar-refractivity contribution in [3.8, 4) is 0 Å². The molecule has 0 aromatic heterocycles. The molecule has 6 nitrogen and oxygen atoms in total. The summed E-state index contributed by atoms with van der Waals surface area (Å²) in [5.74, 6) is 0.559. The average molecular weight is 344 g/mol. The Morgan fingerprint density at radius 3 is 2.80 bits per heavy atom. The number of carbonyl (C=O) groups excluding carboxylic acids is 1. The van der Waals surface area contributed by atoms with E-state index in [1.54, 1.807) is 21.2 Å². The number of aliphatic imine (C=N–C) groups is 2. The maximum Gasteiger partial charge on any atom is 0.189 e. The molecule has 2 aliphatic rings. The smallest absolute Gasteiger partial charge is 0.189 e. The van der Waals surface area contributed by atoms with Crippen LogP contribution in [-0.4, -0.2) is 51.8 Å². The number of guanidine groups is 1. The fraction of sp³-hybridized carbons (Fsp3) is 0.526. The van der Waals surface area contributed by atoms with Crippen LogP contribution >= 0.6 is 0 Å². The molecule has 0 aliphatic heterocycles. The van der Waals surface area contributed by atoms with Crippen molar-refractivity contribution in [1.29, 1.82) is 0 Å². The van der Waals surface area contributed by atoms with Gasteiger partial charge in [-0.05, 0) is 54.4 Å². The van der Waals surface area contributed by atoms with Crippen LogP contribution in [0.25, 0.3) is 0 Å². The Kier molecular flexibility index (Phi) is 6.70. The normalized spacial score (nSPS) is 21.6. The SMILES string of the molecule is CN=C/C(=C\COC)C1=CCCC(C(C=O)(NC(N)=NC)C2CC2)=C1. The Balaban J connectivity index is 2.39. The van der Waals surface area contributed by atoms with Crippen molar-refractivity contribution in [2.75, 3.05) is 27.8 Å². The van der Waals surface area contributed by atoms with E-state index in [1.807, 2.05) is 12.3 Å². The van der Waals surface area contributed by atoms with Crippen LogP contribution < -0.4 is 11.1 Å². The van der Waals surface area contributed by atoms with Crippen LogP contribution in [0.4, 0.5) is 0 Å². The molecule has 1 saturated carbocycles. The van der Waals surface area contributed by atoms with Crippen LogP contribution in [-0.2, 0) is 9.53 Å². The first kappa shape index (κ1) is 19.1. The molecule has 136 valence electrons. The largest absolute Gasteiger partial charge is 0.381 e. The van der Waals surface area contributed by atoms with Gasteiger partial charge in [-0.25, -0.2) is 0 Å². The molecule has 0 radical (unpaired) electrons. The summed E-state index contributed by atoms with van der Waals surface area (Å²) >= 11 is 0. The van der Waals surface area contributed by atoms with Gasteiger partial charge in [-0.2, -0.15) is 0 Å². The predicted octanol–water partition coefficient (Wildman–Crippen LogP) is 1.79. The molecule has 3 N–H and O–H groups in total. The number of carbonyl (C=O) groups is 1. The summed E-state index contributed by atoms with van der Waals surface area (Å²) in [4.78, 5) is 20.3. The third kappa shape index (κ3) is 4.45. The van der Waals surface area contributed by atoms with Crippen molar-refractivity contribution in [3.05, 3.63) is 34.9 Å². The Morgan fingerprint density at radius 2 is 2.24 bits per heavy atom. The summed E-state index contributed by atoms with van der Waals surface area (Å²) in [6.07, 6.45) is 12.8. The van der Waals surface area contributed by atoms with Crippen LogP contribution in [0.2, 0.25) is 0 Å². The Bertz CT molecular complexity index is 642. The minimum Gasteiger partial charge on any atom is -0.381 e. The molecule has 25 heavy (non-hydrogen) atoms. The molecular weight excluding hydrogens is 316 g/mol. The highest BCUT2D eigenvalue weighted by Gasteiger charge is 2.48. The van der Waals surface area contributed by atoms with E-state index in [-0.39, 0.29) is 5.92 Å². The molecular formula is C19H28N4O2. The number of rotatable bonds is 8. The number of hydrogen-bond donors (Lipinski definition) is 2. The van der Waals surface area contributed by atoms with Crippen LogP contribution in [0.15, 0.2) is 44.9 Å². The quantitative estimate of drug-likeness (QED) is 0.399. The summed E-state index contributed by atoms with van der Waals surface area (Å²) in [5.41, 5.74) is 8.25. The molecule has 0 saturated heterocycles. The zero-order chi connectivity index (χ0) is 18.3. The van der Waals surface area contributed by atoms with Gasteiger partial charge in [0.05, 0.1) is 6.61 Å². The fourth-order valence-corrected chi connectivity index (χ4v) is 3.24. The summed E-state index contributed by atoms with van der Waals surface area (Å²) < 4.78 is 5.15. The van der Waals surface area contributed by atoms with E-state index >= 15 is 0 Å². The molecule has 6 heteroatoms. The zero-order valence-corrected chi connectivity index (χ0v) is 15.3. The second-order valence-corrected chi connectivity index (χ2v) is 6.36. The Hall–Kier alpha value is -2.21. The number of nitrogens with zero attached hydrogens (tertiary/aromatic N) is 2. The predicted molar refractivity (Wildman–Crippen MR) is 102 cm³/mol. The molecule has 0 heterocycles. The highest BCUT2D eigenvalue weighted by molar-refractivity contribution is 5.88. The first-order chi connectivity index (χ1) is 12.1. The van der Waals surface area contributed by atoms with Crippen LogP contribution in [0.1, 0.15) is 25.7 Å². The van der Waals surface area contributed by atoms with Gasteiger partial charge in [-0.1, -0.05) is 12.2 Å². The standard InChI is InChI=1S/C19H28N4O2/c1-21-12-15(9-10-25-3)14-5-4-6-17(11-14)19(13-24,16-7-8-16)23-18(20)22-2/h5,9,11-13,16H,4,6-8,10H2,1-3H3,(H3,20,22,23)/b15-9+,21-12?. The van der Waals surface area contributed by atoms with Crippen molar-refractivity contribution >= 4 is 18.5 Å². The van der Waals surface area contributed by atoms with Gasteiger partial charge in [-0.3, -0.25) is 9.98 Å². The molecule has 1 atom stereocenters. The second kappa shape index (κ2) is 8.76. The third-order valence-corrected chi connectivity index (χ3v) is 4.69. The lowest BCUT2D eigenvalue weighted by atomic mass is 9.79. The molecule has 2 rings (SSSR count). The van der Waals surface area contributed by atoms with Crippen molar-refractivity contribution in [1.82, 2.24) is 5.32 Å². The molecule has 1 unspecified atom stereocenters. The number of hydrogen-bond acceptors (Lipinski definition) is 4. The molecule has 0 amide bonds. The summed E-state index contributed by atoms with van der Waals surface area (Å²) in [6, 6.07) is 0. The van der Waals surface area contributed by atoms with Crippen molar-refractivity contribution < 1.29 is 9.53 Å². The minimum atomic E-state index is -0.765. The van der Waals surface area contributed by atoms with Gasteiger partial charge >= 0.3 is 0 Å². The van der Waals surface area contributed by atoms with E-state index in [0.29, 0.717) is 12.6 Å². The maximum atomic E-state index is 12.1. The highest BCUT2D eigenvalue weighted by atomic mass is 16.5. The molecule has 0 spiro atoms. The topological polar surface area (TPSA) is 89.1 Å². The molecule has 0 aromatic carbocycles. The lowest BCUT2D eigenvalue weighted by Gasteiger charge is -2.34.